The van der Waals surface area contributed by atoms with Crippen molar-refractivity contribution in [1.82, 2.24) is 15.2 Å². The van der Waals surface area contributed by atoms with E-state index < -0.39 is 0 Å². The van der Waals surface area contributed by atoms with Crippen LogP contribution in [0.5, 0.6) is 0 Å². The highest BCUT2D eigenvalue weighted by Gasteiger charge is 2.25. The zero-order valence-corrected chi connectivity index (χ0v) is 27.3. The van der Waals surface area contributed by atoms with Crippen LogP contribution in [0.2, 0.25) is 0 Å². The van der Waals surface area contributed by atoms with Crippen LogP contribution in [0, 0.1) is 20.8 Å². The molecule has 0 unspecified atom stereocenters. The number of benzene rings is 1. The molecule has 0 spiro atoms. The summed E-state index contributed by atoms with van der Waals surface area (Å²) >= 11 is 0. The number of ether oxygens (including phenoxy) is 2. The minimum atomic E-state index is -0.205. The van der Waals surface area contributed by atoms with Gasteiger partial charge in [0, 0.05) is 74.5 Å². The molecule has 0 atom stereocenters. The van der Waals surface area contributed by atoms with Gasteiger partial charge < -0.3 is 24.7 Å². The highest BCUT2D eigenvalue weighted by Crippen LogP contribution is 2.32. The molecule has 0 bridgehead atoms. The number of rotatable bonds is 12. The summed E-state index contributed by atoms with van der Waals surface area (Å²) in [4.78, 5) is 34.0. The number of hydrogen-bond donors (Lipinski definition) is 2. The molecule has 8 heteroatoms. The standard InChI is InChI=1S/C36H50N4O4/c1-7-29(24-39-14-18-44-19-15-39)11-9-10-25(3)30-21-32(35(41)37-23-33-26(4)20-27(5)38-36(33)42)28(6)34(22-30)40(8-2)31-12-16-43-17-13-31/h9-11,20-22,31H,3,7-8,12-19,23-24H2,1-2,4-6H3,(H,37,41)(H,38,42)/b10-9-,29-11+. The minimum absolute atomic E-state index is 0.158. The van der Waals surface area contributed by atoms with Crippen LogP contribution in [-0.2, 0) is 16.0 Å². The van der Waals surface area contributed by atoms with Crippen molar-refractivity contribution in [3.05, 3.63) is 92.4 Å². The molecule has 2 aliphatic heterocycles. The fourth-order valence-electron chi connectivity index (χ4n) is 6.13. The summed E-state index contributed by atoms with van der Waals surface area (Å²) in [6.45, 7) is 21.4. The second-order valence-electron chi connectivity index (χ2n) is 11.9. The smallest absolute Gasteiger partial charge is 0.253 e. The Morgan fingerprint density at radius 1 is 1.09 bits per heavy atom. The maximum Gasteiger partial charge on any atom is 0.253 e. The molecule has 0 aliphatic carbocycles. The predicted octanol–water partition coefficient (Wildman–Crippen LogP) is 5.47. The van der Waals surface area contributed by atoms with Crippen molar-refractivity contribution in [3.8, 4) is 0 Å². The normalized spacial score (nSPS) is 16.8. The van der Waals surface area contributed by atoms with E-state index >= 15 is 0 Å². The van der Waals surface area contributed by atoms with Crippen LogP contribution in [0.3, 0.4) is 0 Å². The number of H-pyrrole nitrogens is 1. The van der Waals surface area contributed by atoms with E-state index in [0.29, 0.717) is 17.2 Å². The zero-order valence-electron chi connectivity index (χ0n) is 27.3. The number of aromatic amines is 1. The van der Waals surface area contributed by atoms with Gasteiger partial charge >= 0.3 is 0 Å². The van der Waals surface area contributed by atoms with Crippen LogP contribution in [0.1, 0.15) is 71.4 Å². The van der Waals surface area contributed by atoms with Gasteiger partial charge in [0.25, 0.3) is 11.5 Å². The number of amides is 1. The van der Waals surface area contributed by atoms with Crippen LogP contribution in [0.15, 0.2) is 53.4 Å². The summed E-state index contributed by atoms with van der Waals surface area (Å²) in [5.41, 5.74) is 7.72. The van der Waals surface area contributed by atoms with Gasteiger partial charge in [0.1, 0.15) is 0 Å². The number of carbonyl (C=O) groups excluding carboxylic acids is 1. The molecule has 8 nitrogen and oxygen atoms in total. The molecule has 2 saturated heterocycles. The predicted molar refractivity (Wildman–Crippen MR) is 180 cm³/mol. The van der Waals surface area contributed by atoms with E-state index in [-0.39, 0.29) is 18.0 Å². The Hall–Kier alpha value is -3.46. The Bertz CT molecular complexity index is 1430. The number of nitrogens with zero attached hydrogens (tertiary/aromatic N) is 2. The summed E-state index contributed by atoms with van der Waals surface area (Å²) < 4.78 is 11.1. The molecule has 1 amide bonds. The van der Waals surface area contributed by atoms with E-state index in [9.17, 15) is 9.59 Å². The largest absolute Gasteiger partial charge is 0.381 e. The van der Waals surface area contributed by atoms with Gasteiger partial charge in [-0.1, -0.05) is 37.3 Å². The second-order valence-corrected chi connectivity index (χ2v) is 11.9. The third-order valence-electron chi connectivity index (χ3n) is 8.81. The van der Waals surface area contributed by atoms with Gasteiger partial charge in [-0.15, -0.1) is 0 Å². The summed E-state index contributed by atoms with van der Waals surface area (Å²) in [5, 5.41) is 3.02. The van der Waals surface area contributed by atoms with Crippen molar-refractivity contribution in [2.24, 2.45) is 0 Å². The van der Waals surface area contributed by atoms with Crippen molar-refractivity contribution in [2.75, 3.05) is 57.5 Å². The molecule has 0 radical (unpaired) electrons. The van der Waals surface area contributed by atoms with Crippen molar-refractivity contribution < 1.29 is 14.3 Å². The molecule has 3 heterocycles. The van der Waals surface area contributed by atoms with E-state index in [4.69, 9.17) is 9.47 Å². The van der Waals surface area contributed by atoms with E-state index in [1.165, 1.54) is 5.57 Å². The van der Waals surface area contributed by atoms with Crippen LogP contribution in [0.4, 0.5) is 5.69 Å². The lowest BCUT2D eigenvalue weighted by Crippen LogP contribution is -2.40. The molecule has 238 valence electrons. The SMILES string of the molecule is C=C(/C=C\C=C(/CC)CN1CCOCC1)c1cc(C(=O)NCc2c(C)cc(C)[nH]c2=O)c(C)c(N(CC)C2CCOCC2)c1. The highest BCUT2D eigenvalue weighted by molar-refractivity contribution is 5.98. The molecule has 1 aromatic carbocycles. The first-order chi connectivity index (χ1) is 21.2. The Morgan fingerprint density at radius 3 is 2.45 bits per heavy atom. The van der Waals surface area contributed by atoms with E-state index in [1.54, 1.807) is 0 Å². The monoisotopic (exact) mass is 602 g/mol. The number of carbonyl (C=O) groups is 1. The van der Waals surface area contributed by atoms with Crippen molar-refractivity contribution in [3.63, 3.8) is 0 Å². The van der Waals surface area contributed by atoms with Gasteiger partial charge in [0.05, 0.1) is 13.2 Å². The van der Waals surface area contributed by atoms with Gasteiger partial charge in [-0.25, -0.2) is 0 Å². The lowest BCUT2D eigenvalue weighted by Gasteiger charge is -2.37. The number of pyridine rings is 1. The molecule has 44 heavy (non-hydrogen) atoms. The topological polar surface area (TPSA) is 86.9 Å². The fourth-order valence-corrected chi connectivity index (χ4v) is 6.13. The van der Waals surface area contributed by atoms with Gasteiger partial charge in [0.2, 0.25) is 0 Å². The summed E-state index contributed by atoms with van der Waals surface area (Å²) in [5.74, 6) is -0.205. The van der Waals surface area contributed by atoms with Crippen LogP contribution < -0.4 is 15.8 Å². The van der Waals surface area contributed by atoms with Gasteiger partial charge in [-0.05, 0) is 87.4 Å². The number of aromatic nitrogens is 1. The zero-order chi connectivity index (χ0) is 31.6. The van der Waals surface area contributed by atoms with Crippen molar-refractivity contribution >= 4 is 17.2 Å². The van der Waals surface area contributed by atoms with Gasteiger partial charge in [-0.2, -0.15) is 0 Å². The second kappa shape index (κ2) is 16.0. The van der Waals surface area contributed by atoms with Crippen LogP contribution in [0.25, 0.3) is 5.57 Å². The van der Waals surface area contributed by atoms with Crippen LogP contribution >= 0.6 is 0 Å². The first kappa shape index (κ1) is 33.4. The molecule has 2 aliphatic rings. The Balaban J connectivity index is 1.62. The maximum absolute atomic E-state index is 13.7. The third-order valence-corrected chi connectivity index (χ3v) is 8.81. The van der Waals surface area contributed by atoms with Crippen LogP contribution in [-0.4, -0.2) is 74.4 Å². The molecule has 2 aromatic rings. The lowest BCUT2D eigenvalue weighted by molar-refractivity contribution is 0.0420. The number of anilines is 1. The first-order valence-electron chi connectivity index (χ1n) is 16.0. The fraction of sp³-hybridized carbons (Fsp3) is 0.500. The summed E-state index contributed by atoms with van der Waals surface area (Å²) in [7, 11) is 0. The molecule has 2 N–H and O–H groups in total. The Morgan fingerprint density at radius 2 is 1.80 bits per heavy atom. The number of hydrogen-bond acceptors (Lipinski definition) is 6. The van der Waals surface area contributed by atoms with E-state index in [1.807, 2.05) is 39.0 Å². The number of morpholine rings is 1. The molecular weight excluding hydrogens is 552 g/mol. The molecular formula is C36H50N4O4. The Kier molecular flexibility index (Phi) is 12.2. The molecule has 1 aromatic heterocycles. The quantitative estimate of drug-likeness (QED) is 0.313. The van der Waals surface area contributed by atoms with E-state index in [0.717, 1.165) is 106 Å². The highest BCUT2D eigenvalue weighted by atomic mass is 16.5. The summed E-state index contributed by atoms with van der Waals surface area (Å²) in [6, 6.07) is 6.37. The van der Waals surface area contributed by atoms with Gasteiger partial charge in [-0.3, -0.25) is 14.5 Å². The van der Waals surface area contributed by atoms with E-state index in [2.05, 4.69) is 58.7 Å². The van der Waals surface area contributed by atoms with Crippen molar-refractivity contribution in [2.45, 2.75) is 66.5 Å². The molecule has 4 rings (SSSR count). The van der Waals surface area contributed by atoms with Gasteiger partial charge in [0.15, 0.2) is 0 Å². The lowest BCUT2D eigenvalue weighted by atomic mass is 9.95. The molecule has 2 fully saturated rings. The molecule has 0 saturated carbocycles. The maximum atomic E-state index is 13.7. The Labute approximate surface area is 262 Å². The number of allylic oxidation sites excluding steroid dienone is 4. The first-order valence-corrected chi connectivity index (χ1v) is 16.0. The number of aryl methyl sites for hydroxylation is 2. The average Bonchev–Trinajstić information content (AvgIpc) is 3.02. The number of nitrogens with one attached hydrogen (secondary N) is 2. The summed E-state index contributed by atoms with van der Waals surface area (Å²) in [6.07, 6.45) is 9.17. The average molecular weight is 603 g/mol. The van der Waals surface area contributed by atoms with Crippen molar-refractivity contribution in [1.29, 1.82) is 0 Å². The minimum Gasteiger partial charge on any atom is -0.381 e. The third kappa shape index (κ3) is 8.58.